The Morgan fingerprint density at radius 1 is 1.19 bits per heavy atom. The number of amides is 1. The number of dihydropyridines is 1. The van der Waals surface area contributed by atoms with Gasteiger partial charge in [-0.3, -0.25) is 4.98 Å². The summed E-state index contributed by atoms with van der Waals surface area (Å²) in [7, 11) is -3.87. The molecule has 1 aromatic carbocycles. The van der Waals surface area contributed by atoms with E-state index in [4.69, 9.17) is 10.5 Å². The van der Waals surface area contributed by atoms with Crippen molar-refractivity contribution in [3.63, 3.8) is 0 Å². The predicted octanol–water partition coefficient (Wildman–Crippen LogP) is 2.29. The van der Waals surface area contributed by atoms with Gasteiger partial charge in [-0.15, -0.1) is 0 Å². The molecule has 1 unspecified atom stereocenters. The molecule has 3 N–H and O–H groups in total. The molecule has 7 nitrogen and oxygen atoms in total. The molecule has 1 aliphatic heterocycles. The molecular weight excluding hydrogens is 366 g/mol. The molecule has 0 bridgehead atoms. The highest BCUT2D eigenvalue weighted by Gasteiger charge is 2.51. The fraction of sp³-hybridized carbons (Fsp3) is 0.158. The van der Waals surface area contributed by atoms with Gasteiger partial charge in [0, 0.05) is 35.5 Å². The van der Waals surface area contributed by atoms with Gasteiger partial charge in [-0.25, -0.2) is 13.2 Å². The van der Waals surface area contributed by atoms with Crippen molar-refractivity contribution in [2.75, 3.05) is 6.26 Å². The van der Waals surface area contributed by atoms with Crippen LogP contribution in [0.4, 0.5) is 4.79 Å². The van der Waals surface area contributed by atoms with E-state index in [9.17, 15) is 13.2 Å². The fourth-order valence-electron chi connectivity index (χ4n) is 3.10. The summed E-state index contributed by atoms with van der Waals surface area (Å²) in [6.07, 6.45) is 4.74. The summed E-state index contributed by atoms with van der Waals surface area (Å²) in [4.78, 5) is 13.8. The van der Waals surface area contributed by atoms with Gasteiger partial charge in [0.2, 0.25) is 4.87 Å². The van der Waals surface area contributed by atoms with E-state index in [0.717, 1.165) is 6.26 Å². The van der Waals surface area contributed by atoms with Crippen LogP contribution in [0.1, 0.15) is 18.1 Å². The molecule has 1 aromatic heterocycles. The molecule has 0 radical (unpaired) electrons. The predicted molar refractivity (Wildman–Crippen MR) is 102 cm³/mol. The smallest absolute Gasteiger partial charge is 0.409 e. The topological polar surface area (TPSA) is 111 Å². The second-order valence-corrected chi connectivity index (χ2v) is 8.33. The third-order valence-electron chi connectivity index (χ3n) is 4.29. The Balaban J connectivity index is 2.31. The molecule has 0 fully saturated rings. The van der Waals surface area contributed by atoms with Crippen LogP contribution in [0.5, 0.6) is 0 Å². The summed E-state index contributed by atoms with van der Waals surface area (Å²) in [6.45, 7) is 1.77. The summed E-state index contributed by atoms with van der Waals surface area (Å²) in [5, 5.41) is 3.10. The maximum Gasteiger partial charge on any atom is 0.409 e. The number of carbonyl (C=O) groups excluding carboxylic acids is 1. The van der Waals surface area contributed by atoms with Crippen LogP contribution < -0.4 is 11.1 Å². The van der Waals surface area contributed by atoms with Gasteiger partial charge < -0.3 is 15.8 Å². The van der Waals surface area contributed by atoms with Gasteiger partial charge in [-0.1, -0.05) is 30.3 Å². The van der Waals surface area contributed by atoms with Crippen molar-refractivity contribution >= 4 is 21.6 Å². The molecular formula is C19H19N3O4S. The number of allylic oxidation sites excluding steroid dienone is 2. The summed E-state index contributed by atoms with van der Waals surface area (Å²) in [5.41, 5.74) is 7.55. The molecule has 8 heteroatoms. The lowest BCUT2D eigenvalue weighted by atomic mass is 9.95. The number of rotatable bonds is 4. The Bertz CT molecular complexity index is 1030. The van der Waals surface area contributed by atoms with Crippen molar-refractivity contribution in [1.29, 1.82) is 0 Å². The molecule has 0 saturated carbocycles. The number of sulfone groups is 1. The lowest BCUT2D eigenvalue weighted by Crippen LogP contribution is -2.52. The van der Waals surface area contributed by atoms with Gasteiger partial charge in [0.15, 0.2) is 15.6 Å². The normalized spacial score (nSPS) is 19.9. The summed E-state index contributed by atoms with van der Waals surface area (Å²) >= 11 is 0. The van der Waals surface area contributed by atoms with Crippen LogP contribution in [-0.4, -0.2) is 25.8 Å². The molecule has 3 rings (SSSR count). The summed E-state index contributed by atoms with van der Waals surface area (Å²) < 4.78 is 31.2. The maximum absolute atomic E-state index is 13.0. The molecule has 1 atom stereocenters. The van der Waals surface area contributed by atoms with E-state index < -0.39 is 20.8 Å². The molecule has 0 spiro atoms. The van der Waals surface area contributed by atoms with Crippen molar-refractivity contribution in [3.05, 3.63) is 83.4 Å². The highest BCUT2D eigenvalue weighted by molar-refractivity contribution is 7.91. The standard InChI is InChI=1S/C19H19N3O4S/c1-13-11-16(26-18(20)23)19(27(2,24)25,15-8-4-3-5-9-15)22-17(13)14-7-6-10-21-12-14/h3-12,22H,1-2H3,(H2,20,23). The number of nitrogens with two attached hydrogens (primary N) is 1. The minimum atomic E-state index is -3.87. The van der Waals surface area contributed by atoms with Crippen LogP contribution in [0, 0.1) is 0 Å². The van der Waals surface area contributed by atoms with Crippen LogP contribution in [0.3, 0.4) is 0 Å². The SMILES string of the molecule is CC1=C(c2cccnc2)NC(c2ccccc2)(S(C)(=O)=O)C(OC(N)=O)=C1. The summed E-state index contributed by atoms with van der Waals surface area (Å²) in [5.74, 6) is -0.103. The van der Waals surface area contributed by atoms with Gasteiger partial charge >= 0.3 is 6.09 Å². The first-order valence-corrected chi connectivity index (χ1v) is 9.99. The maximum atomic E-state index is 13.0. The van der Waals surface area contributed by atoms with Crippen LogP contribution in [-0.2, 0) is 19.4 Å². The zero-order chi connectivity index (χ0) is 19.7. The van der Waals surface area contributed by atoms with Gasteiger partial charge in [-0.05, 0) is 30.7 Å². The average Bonchev–Trinajstić information content (AvgIpc) is 2.62. The third kappa shape index (κ3) is 3.31. The van der Waals surface area contributed by atoms with Crippen molar-refractivity contribution in [3.8, 4) is 0 Å². The number of aromatic nitrogens is 1. The van der Waals surface area contributed by atoms with Crippen LogP contribution in [0.2, 0.25) is 0 Å². The van der Waals surface area contributed by atoms with E-state index in [1.165, 1.54) is 6.08 Å². The second kappa shape index (κ2) is 6.88. The first-order chi connectivity index (χ1) is 12.8. The Kier molecular flexibility index (Phi) is 4.75. The Morgan fingerprint density at radius 2 is 1.89 bits per heavy atom. The Labute approximate surface area is 157 Å². The molecule has 1 aliphatic rings. The lowest BCUT2D eigenvalue weighted by molar-refractivity contribution is 0.174. The van der Waals surface area contributed by atoms with E-state index >= 15 is 0 Å². The quantitative estimate of drug-likeness (QED) is 0.835. The lowest BCUT2D eigenvalue weighted by Gasteiger charge is -2.39. The van der Waals surface area contributed by atoms with Gasteiger partial charge in [-0.2, -0.15) is 0 Å². The van der Waals surface area contributed by atoms with Crippen LogP contribution in [0.25, 0.3) is 5.70 Å². The van der Waals surface area contributed by atoms with E-state index in [-0.39, 0.29) is 5.76 Å². The van der Waals surface area contributed by atoms with Gasteiger partial charge in [0.05, 0.1) is 0 Å². The number of pyridine rings is 1. The van der Waals surface area contributed by atoms with E-state index in [1.54, 1.807) is 55.7 Å². The number of nitrogens with one attached hydrogen (secondary N) is 1. The fourth-order valence-corrected chi connectivity index (χ4v) is 4.42. The summed E-state index contributed by atoms with van der Waals surface area (Å²) in [6, 6.07) is 12.0. The molecule has 2 heterocycles. The van der Waals surface area contributed by atoms with Crippen molar-refractivity contribution in [2.45, 2.75) is 11.8 Å². The monoisotopic (exact) mass is 385 g/mol. The van der Waals surface area contributed by atoms with E-state index in [1.807, 2.05) is 6.07 Å². The first-order valence-electron chi connectivity index (χ1n) is 8.10. The van der Waals surface area contributed by atoms with E-state index in [0.29, 0.717) is 22.4 Å². The Morgan fingerprint density at radius 3 is 2.44 bits per heavy atom. The number of ether oxygens (including phenoxy) is 1. The van der Waals surface area contributed by atoms with Crippen LogP contribution in [0.15, 0.2) is 72.3 Å². The van der Waals surface area contributed by atoms with Crippen molar-refractivity contribution < 1.29 is 17.9 Å². The number of benzene rings is 1. The zero-order valence-corrected chi connectivity index (χ0v) is 15.7. The number of hydrogen-bond donors (Lipinski definition) is 2. The van der Waals surface area contributed by atoms with E-state index in [2.05, 4.69) is 10.3 Å². The highest BCUT2D eigenvalue weighted by atomic mass is 32.2. The third-order valence-corrected chi connectivity index (χ3v) is 5.94. The number of hydrogen-bond acceptors (Lipinski definition) is 6. The molecule has 0 saturated heterocycles. The van der Waals surface area contributed by atoms with Crippen molar-refractivity contribution in [2.24, 2.45) is 5.73 Å². The number of nitrogens with zero attached hydrogens (tertiary/aromatic N) is 1. The molecule has 1 amide bonds. The minimum absolute atomic E-state index is 0.103. The average molecular weight is 385 g/mol. The molecule has 27 heavy (non-hydrogen) atoms. The minimum Gasteiger partial charge on any atom is -0.411 e. The van der Waals surface area contributed by atoms with Gasteiger partial charge in [0.25, 0.3) is 0 Å². The highest BCUT2D eigenvalue weighted by Crippen LogP contribution is 2.42. The zero-order valence-electron chi connectivity index (χ0n) is 14.8. The number of primary amides is 1. The molecule has 0 aliphatic carbocycles. The molecule has 2 aromatic rings. The largest absolute Gasteiger partial charge is 0.411 e. The second-order valence-electron chi connectivity index (χ2n) is 6.17. The first kappa shape index (κ1) is 18.7. The van der Waals surface area contributed by atoms with Crippen molar-refractivity contribution in [1.82, 2.24) is 10.3 Å². The number of carbonyl (C=O) groups is 1. The Hall–Kier alpha value is -3.13. The molecule has 140 valence electrons. The van der Waals surface area contributed by atoms with Crippen LogP contribution >= 0.6 is 0 Å². The van der Waals surface area contributed by atoms with Gasteiger partial charge in [0.1, 0.15) is 0 Å².